The van der Waals surface area contributed by atoms with Crippen molar-refractivity contribution in [1.29, 1.82) is 0 Å². The van der Waals surface area contributed by atoms with E-state index in [1.54, 1.807) is 6.08 Å². The Morgan fingerprint density at radius 3 is 2.48 bits per heavy atom. The van der Waals surface area contributed by atoms with Crippen LogP contribution in [0.25, 0.3) is 0 Å². The Labute approximate surface area is 173 Å². The molecular weight excluding hydrogens is 399 g/mol. The second-order valence-electron chi connectivity index (χ2n) is 5.69. The molecule has 3 atom stereocenters. The highest BCUT2D eigenvalue weighted by atomic mass is 32.2. The van der Waals surface area contributed by atoms with Gasteiger partial charge in [0.1, 0.15) is 24.3 Å². The first kappa shape index (κ1) is 24.5. The largest absolute Gasteiger partial charge is 0.491 e. The maximum absolute atomic E-state index is 12.8. The zero-order valence-corrected chi connectivity index (χ0v) is 16.3. The molecule has 0 saturated carbocycles. The summed E-state index contributed by atoms with van der Waals surface area (Å²) in [5.41, 5.74) is 0. The van der Waals surface area contributed by atoms with Crippen LogP contribution in [-0.4, -0.2) is 62.8 Å². The van der Waals surface area contributed by atoms with Gasteiger partial charge in [-0.2, -0.15) is 0 Å². The Balaban J connectivity index is 2.27. The van der Waals surface area contributed by atoms with Crippen molar-refractivity contribution in [2.75, 3.05) is 18.1 Å². The number of hydrogen-bond donors (Lipinski definition) is 4. The van der Waals surface area contributed by atoms with Gasteiger partial charge in [0.25, 0.3) is 0 Å². The van der Waals surface area contributed by atoms with Crippen molar-refractivity contribution in [1.82, 2.24) is 0 Å². The van der Waals surface area contributed by atoms with Gasteiger partial charge in [0.15, 0.2) is 0 Å². The van der Waals surface area contributed by atoms with E-state index in [1.165, 1.54) is 54.6 Å². The van der Waals surface area contributed by atoms with E-state index in [0.717, 1.165) is 11.8 Å². The summed E-state index contributed by atoms with van der Waals surface area (Å²) in [5.74, 6) is 4.46. The predicted molar refractivity (Wildman–Crippen MR) is 110 cm³/mol. The molecule has 6 nitrogen and oxygen atoms in total. The first-order valence-corrected chi connectivity index (χ1v) is 9.77. The smallest absolute Gasteiger partial charge is 0.313 e. The monoisotopic (exact) mass is 422 g/mol. The minimum Gasteiger partial charge on any atom is -0.491 e. The molecule has 1 rings (SSSR count). The quantitative estimate of drug-likeness (QED) is 0.318. The van der Waals surface area contributed by atoms with Crippen LogP contribution in [0, 0.1) is 17.7 Å². The van der Waals surface area contributed by atoms with Crippen LogP contribution < -0.4 is 4.74 Å². The summed E-state index contributed by atoms with van der Waals surface area (Å²) < 4.78 is 18.1. The van der Waals surface area contributed by atoms with Crippen LogP contribution >= 0.6 is 11.8 Å². The molecule has 0 aliphatic heterocycles. The van der Waals surface area contributed by atoms with Crippen LogP contribution in [0.5, 0.6) is 5.75 Å². The zero-order valence-electron chi connectivity index (χ0n) is 15.5. The highest BCUT2D eigenvalue weighted by Gasteiger charge is 2.13. The normalized spacial score (nSPS) is 14.6. The molecular formula is C21H23FO6S. The third-order valence-electron chi connectivity index (χ3n) is 3.23. The predicted octanol–water partition coefficient (Wildman–Crippen LogP) is 1.78. The lowest BCUT2D eigenvalue weighted by Gasteiger charge is -2.12. The second kappa shape index (κ2) is 14.4. The molecule has 0 radical (unpaired) electrons. The molecule has 0 fully saturated rings. The fourth-order valence-electron chi connectivity index (χ4n) is 1.80. The fourth-order valence-corrected chi connectivity index (χ4v) is 2.53. The molecule has 0 spiro atoms. The van der Waals surface area contributed by atoms with Crippen molar-refractivity contribution in [2.24, 2.45) is 0 Å². The summed E-state index contributed by atoms with van der Waals surface area (Å²) in [7, 11) is 0. The third-order valence-corrected chi connectivity index (χ3v) is 4.26. The number of benzene rings is 1. The van der Waals surface area contributed by atoms with Crippen LogP contribution in [-0.2, 0) is 4.79 Å². The van der Waals surface area contributed by atoms with Crippen LogP contribution in [0.1, 0.15) is 0 Å². The highest BCUT2D eigenvalue weighted by molar-refractivity contribution is 7.99. The van der Waals surface area contributed by atoms with Crippen LogP contribution in [0.15, 0.2) is 60.7 Å². The van der Waals surface area contributed by atoms with Gasteiger partial charge >= 0.3 is 5.97 Å². The number of ether oxygens (including phenoxy) is 1. The summed E-state index contributed by atoms with van der Waals surface area (Å²) in [6.45, 7) is 0.00730. The number of carboxylic acid groups (broad SMARTS) is 1. The Kier molecular flexibility index (Phi) is 12.2. The summed E-state index contributed by atoms with van der Waals surface area (Å²) in [4.78, 5) is 10.4. The van der Waals surface area contributed by atoms with Gasteiger partial charge in [-0.1, -0.05) is 30.1 Å². The number of aliphatic hydroxyl groups excluding tert-OH is 3. The lowest BCUT2D eigenvalue weighted by Crippen LogP contribution is -2.26. The molecule has 0 aliphatic rings. The van der Waals surface area contributed by atoms with Crippen LogP contribution in [0.2, 0.25) is 0 Å². The second-order valence-corrected chi connectivity index (χ2v) is 6.72. The molecule has 0 aromatic heterocycles. The first-order valence-electron chi connectivity index (χ1n) is 8.61. The summed E-state index contributed by atoms with van der Waals surface area (Å²) >= 11 is 1.02. The van der Waals surface area contributed by atoms with Gasteiger partial charge in [-0.15, -0.1) is 11.8 Å². The molecule has 29 heavy (non-hydrogen) atoms. The van der Waals surface area contributed by atoms with Gasteiger partial charge < -0.3 is 25.2 Å². The molecule has 1 aromatic rings. The molecule has 4 N–H and O–H groups in total. The number of aliphatic hydroxyl groups is 3. The summed E-state index contributed by atoms with van der Waals surface area (Å²) in [6.07, 6.45) is 5.85. The SMILES string of the molecule is O=C(O)CSC[C@@H](O)[C@H](O)C=CC=CC#CC=C[C@H](O)COc1ccc(F)cc1. The lowest BCUT2D eigenvalue weighted by atomic mass is 10.2. The highest BCUT2D eigenvalue weighted by Crippen LogP contribution is 2.11. The van der Waals surface area contributed by atoms with Crippen molar-refractivity contribution in [2.45, 2.75) is 18.3 Å². The van der Waals surface area contributed by atoms with Crippen LogP contribution in [0.4, 0.5) is 4.39 Å². The molecule has 156 valence electrons. The van der Waals surface area contributed by atoms with E-state index in [4.69, 9.17) is 9.84 Å². The van der Waals surface area contributed by atoms with E-state index in [-0.39, 0.29) is 23.9 Å². The molecule has 1 aromatic carbocycles. The molecule has 0 bridgehead atoms. The number of rotatable bonds is 11. The number of hydrogen-bond acceptors (Lipinski definition) is 6. The Hall–Kier alpha value is -2.57. The summed E-state index contributed by atoms with van der Waals surface area (Å²) in [5, 5.41) is 37.6. The van der Waals surface area contributed by atoms with E-state index in [1.807, 2.05) is 0 Å². The topological polar surface area (TPSA) is 107 Å². The van der Waals surface area contributed by atoms with Gasteiger partial charge in [0.2, 0.25) is 0 Å². The van der Waals surface area contributed by atoms with Gasteiger partial charge in [-0.05, 0) is 42.5 Å². The van der Waals surface area contributed by atoms with E-state index in [9.17, 15) is 24.5 Å². The minimum atomic E-state index is -1.11. The van der Waals surface area contributed by atoms with Gasteiger partial charge in [-0.25, -0.2) is 4.39 Å². The van der Waals surface area contributed by atoms with Gasteiger partial charge in [0.05, 0.1) is 18.0 Å². The molecule has 8 heteroatoms. The molecule has 0 heterocycles. The average Bonchev–Trinajstić information content (AvgIpc) is 2.69. The van der Waals surface area contributed by atoms with Crippen molar-refractivity contribution in [3.63, 3.8) is 0 Å². The Bertz CT molecular complexity index is 764. The molecule has 0 unspecified atom stereocenters. The average molecular weight is 422 g/mol. The van der Waals surface area contributed by atoms with E-state index < -0.39 is 24.3 Å². The minimum absolute atomic E-state index is 0.00730. The maximum Gasteiger partial charge on any atom is 0.313 e. The molecule has 0 saturated heterocycles. The maximum atomic E-state index is 12.8. The van der Waals surface area contributed by atoms with Crippen molar-refractivity contribution >= 4 is 17.7 Å². The molecule has 0 amide bonds. The summed E-state index contributed by atoms with van der Waals surface area (Å²) in [6, 6.07) is 5.47. The van der Waals surface area contributed by atoms with E-state index in [0.29, 0.717) is 5.75 Å². The number of allylic oxidation sites excluding steroid dienone is 4. The van der Waals surface area contributed by atoms with Gasteiger partial charge in [-0.3, -0.25) is 4.79 Å². The Morgan fingerprint density at radius 2 is 1.79 bits per heavy atom. The Morgan fingerprint density at radius 1 is 1.10 bits per heavy atom. The number of thioether (sulfide) groups is 1. The van der Waals surface area contributed by atoms with Gasteiger partial charge in [0, 0.05) is 5.75 Å². The van der Waals surface area contributed by atoms with E-state index >= 15 is 0 Å². The standard InChI is InChI=1S/C21H23FO6S/c22-16-9-11-18(12-10-16)28-13-17(23)7-5-3-1-2-4-6-8-19(24)20(25)14-29-15-21(26)27/h2,4-12,17,19-20,23-25H,13-15H2,(H,26,27)/t17-,19+,20+/m0/s1. The third kappa shape index (κ3) is 12.5. The fraction of sp³-hybridized carbons (Fsp3) is 0.286. The number of aliphatic carboxylic acids is 1. The van der Waals surface area contributed by atoms with Crippen molar-refractivity contribution in [3.8, 4) is 17.6 Å². The molecule has 0 aliphatic carbocycles. The first-order chi connectivity index (χ1) is 13.9. The number of carbonyl (C=O) groups is 1. The van der Waals surface area contributed by atoms with Crippen molar-refractivity contribution in [3.05, 3.63) is 66.5 Å². The van der Waals surface area contributed by atoms with E-state index in [2.05, 4.69) is 11.8 Å². The number of halogens is 1. The zero-order chi connectivity index (χ0) is 21.5. The number of carboxylic acids is 1. The van der Waals surface area contributed by atoms with Crippen LogP contribution in [0.3, 0.4) is 0 Å². The lowest BCUT2D eigenvalue weighted by molar-refractivity contribution is -0.133. The van der Waals surface area contributed by atoms with Crippen molar-refractivity contribution < 1.29 is 34.3 Å².